The van der Waals surface area contributed by atoms with E-state index in [4.69, 9.17) is 5.73 Å². The van der Waals surface area contributed by atoms with Gasteiger partial charge in [0.2, 0.25) is 0 Å². The highest BCUT2D eigenvalue weighted by Gasteiger charge is 2.30. The second-order valence-electron chi connectivity index (χ2n) is 5.16. The van der Waals surface area contributed by atoms with Gasteiger partial charge in [-0.2, -0.15) is 0 Å². The summed E-state index contributed by atoms with van der Waals surface area (Å²) in [4.78, 5) is 0. The molecule has 0 unspecified atom stereocenters. The van der Waals surface area contributed by atoms with Gasteiger partial charge < -0.3 is 10.8 Å². The third-order valence-electron chi connectivity index (χ3n) is 3.92. The summed E-state index contributed by atoms with van der Waals surface area (Å²) in [6, 6.07) is 2.11. The molecule has 0 aromatic heterocycles. The molecule has 1 aromatic carbocycles. The maximum absolute atomic E-state index is 13.8. The van der Waals surface area contributed by atoms with Gasteiger partial charge in [-0.25, -0.2) is 8.78 Å². The Kier molecular flexibility index (Phi) is 3.97. The van der Waals surface area contributed by atoms with E-state index in [1.165, 1.54) is 19.1 Å². The lowest BCUT2D eigenvalue weighted by molar-refractivity contribution is 0.0830. The van der Waals surface area contributed by atoms with Crippen LogP contribution in [0, 0.1) is 24.5 Å². The smallest absolute Gasteiger partial charge is 0.163 e. The van der Waals surface area contributed by atoms with Crippen molar-refractivity contribution in [3.8, 4) is 0 Å². The summed E-state index contributed by atoms with van der Waals surface area (Å²) in [5, 5.41) is 10.1. The number of aryl methyl sites for hydroxylation is 1. The summed E-state index contributed by atoms with van der Waals surface area (Å²) in [7, 11) is 0. The molecule has 3 N–H and O–H groups in total. The largest absolute Gasteiger partial charge is 0.391 e. The summed E-state index contributed by atoms with van der Waals surface area (Å²) < 4.78 is 27.3. The van der Waals surface area contributed by atoms with Crippen LogP contribution in [0.5, 0.6) is 0 Å². The second kappa shape index (κ2) is 5.33. The van der Waals surface area contributed by atoms with Gasteiger partial charge in [-0.1, -0.05) is 25.0 Å². The number of nitrogens with two attached hydrogens (primary N) is 1. The van der Waals surface area contributed by atoms with Gasteiger partial charge in [-0.3, -0.25) is 0 Å². The van der Waals surface area contributed by atoms with E-state index in [1.54, 1.807) is 0 Å². The third-order valence-corrected chi connectivity index (χ3v) is 3.92. The molecule has 1 fully saturated rings. The van der Waals surface area contributed by atoms with Gasteiger partial charge in [-0.15, -0.1) is 0 Å². The van der Waals surface area contributed by atoms with Gasteiger partial charge in [0.15, 0.2) is 11.6 Å². The van der Waals surface area contributed by atoms with Crippen molar-refractivity contribution in [3.63, 3.8) is 0 Å². The first-order chi connectivity index (χ1) is 8.52. The highest BCUT2D eigenvalue weighted by Crippen LogP contribution is 2.33. The van der Waals surface area contributed by atoms with Crippen LogP contribution in [0.25, 0.3) is 0 Å². The fraction of sp³-hybridized carbons (Fsp3) is 0.571. The summed E-state index contributed by atoms with van der Waals surface area (Å²) in [6.45, 7) is 1.50. The van der Waals surface area contributed by atoms with Gasteiger partial charge in [0.25, 0.3) is 0 Å². The number of halogens is 2. The predicted molar refractivity (Wildman–Crippen MR) is 66.0 cm³/mol. The van der Waals surface area contributed by atoms with Crippen molar-refractivity contribution in [2.24, 2.45) is 11.7 Å². The molecule has 1 aromatic rings. The molecule has 100 valence electrons. The number of hydrogen-bond donors (Lipinski definition) is 2. The fourth-order valence-corrected chi connectivity index (χ4v) is 2.69. The molecule has 1 aliphatic carbocycles. The fourth-order valence-electron chi connectivity index (χ4n) is 2.69. The Morgan fingerprint density at radius 1 is 1.22 bits per heavy atom. The molecule has 4 heteroatoms. The Morgan fingerprint density at radius 3 is 2.44 bits per heavy atom. The number of benzene rings is 1. The van der Waals surface area contributed by atoms with E-state index in [0.29, 0.717) is 0 Å². The lowest BCUT2D eigenvalue weighted by atomic mass is 9.90. The molecule has 2 atom stereocenters. The first kappa shape index (κ1) is 13.4. The van der Waals surface area contributed by atoms with Crippen molar-refractivity contribution in [1.82, 2.24) is 0 Å². The quantitative estimate of drug-likeness (QED) is 0.872. The Hall–Kier alpha value is -1.00. The minimum Gasteiger partial charge on any atom is -0.391 e. The number of rotatable bonds is 3. The molecule has 0 heterocycles. The average molecular weight is 255 g/mol. The minimum absolute atomic E-state index is 0.0671. The molecule has 0 saturated heterocycles. The van der Waals surface area contributed by atoms with Crippen LogP contribution >= 0.6 is 0 Å². The zero-order valence-electron chi connectivity index (χ0n) is 10.5. The third kappa shape index (κ3) is 2.40. The summed E-state index contributed by atoms with van der Waals surface area (Å²) in [6.07, 6.45) is 3.15. The SMILES string of the molecule is Cc1ccc([C@@H](N)[C@@H](O)C2CCCC2)c(F)c1F. The van der Waals surface area contributed by atoms with Crippen LogP contribution in [0.3, 0.4) is 0 Å². The number of aliphatic hydroxyl groups is 1. The topological polar surface area (TPSA) is 46.2 Å². The van der Waals surface area contributed by atoms with Gasteiger partial charge in [0.1, 0.15) is 0 Å². The highest BCUT2D eigenvalue weighted by molar-refractivity contribution is 5.28. The van der Waals surface area contributed by atoms with Crippen LogP contribution in [-0.2, 0) is 0 Å². The molecule has 0 spiro atoms. The zero-order valence-corrected chi connectivity index (χ0v) is 10.5. The Labute approximate surface area is 106 Å². The maximum Gasteiger partial charge on any atom is 0.163 e. The van der Waals surface area contributed by atoms with Crippen molar-refractivity contribution in [1.29, 1.82) is 0 Å². The van der Waals surface area contributed by atoms with Gasteiger partial charge >= 0.3 is 0 Å². The average Bonchev–Trinajstić information content (AvgIpc) is 2.88. The normalized spacial score (nSPS) is 20.1. The Bertz CT molecular complexity index is 430. The van der Waals surface area contributed by atoms with E-state index in [1.807, 2.05) is 0 Å². The van der Waals surface area contributed by atoms with Gasteiger partial charge in [-0.05, 0) is 31.2 Å². The number of hydrogen-bond acceptors (Lipinski definition) is 2. The Morgan fingerprint density at radius 2 is 1.83 bits per heavy atom. The van der Waals surface area contributed by atoms with E-state index >= 15 is 0 Å². The Balaban J connectivity index is 2.22. The van der Waals surface area contributed by atoms with Crippen molar-refractivity contribution in [3.05, 3.63) is 34.9 Å². The van der Waals surface area contributed by atoms with E-state index in [2.05, 4.69) is 0 Å². The molecule has 0 aliphatic heterocycles. The monoisotopic (exact) mass is 255 g/mol. The summed E-state index contributed by atoms with van der Waals surface area (Å²) in [5.74, 6) is -1.70. The first-order valence-electron chi connectivity index (χ1n) is 6.40. The minimum atomic E-state index is -0.931. The van der Waals surface area contributed by atoms with Crippen LogP contribution in [0.1, 0.15) is 42.9 Å². The molecule has 0 radical (unpaired) electrons. The van der Waals surface area contributed by atoms with Gasteiger partial charge in [0.05, 0.1) is 12.1 Å². The summed E-state index contributed by atoms with van der Waals surface area (Å²) >= 11 is 0. The molecule has 2 rings (SSSR count). The number of aliphatic hydroxyl groups excluding tert-OH is 1. The zero-order chi connectivity index (χ0) is 13.3. The van der Waals surface area contributed by atoms with Crippen LogP contribution in [-0.4, -0.2) is 11.2 Å². The van der Waals surface area contributed by atoms with Gasteiger partial charge in [0, 0.05) is 5.56 Å². The van der Waals surface area contributed by atoms with Crippen LogP contribution in [0.4, 0.5) is 8.78 Å². The molecular weight excluding hydrogens is 236 g/mol. The molecule has 2 nitrogen and oxygen atoms in total. The van der Waals surface area contributed by atoms with Crippen molar-refractivity contribution >= 4 is 0 Å². The van der Waals surface area contributed by atoms with Crippen molar-refractivity contribution in [2.75, 3.05) is 0 Å². The molecular formula is C14H19F2NO. The van der Waals surface area contributed by atoms with Crippen molar-refractivity contribution < 1.29 is 13.9 Å². The molecule has 0 bridgehead atoms. The first-order valence-corrected chi connectivity index (χ1v) is 6.40. The molecule has 0 amide bonds. The van der Waals surface area contributed by atoms with E-state index in [9.17, 15) is 13.9 Å². The summed E-state index contributed by atoms with van der Waals surface area (Å²) in [5.41, 5.74) is 6.20. The lowest BCUT2D eigenvalue weighted by Gasteiger charge is -2.25. The molecule has 1 aliphatic rings. The standard InChI is InChI=1S/C14H19F2NO/c1-8-6-7-10(12(16)11(8)15)13(17)14(18)9-4-2-3-5-9/h6-7,9,13-14,18H,2-5,17H2,1H3/t13-,14+/m1/s1. The molecule has 18 heavy (non-hydrogen) atoms. The van der Waals surface area contributed by atoms with E-state index < -0.39 is 23.8 Å². The predicted octanol–water partition coefficient (Wildman–Crippen LogP) is 2.82. The van der Waals surface area contributed by atoms with Crippen LogP contribution < -0.4 is 5.73 Å². The molecule has 1 saturated carbocycles. The van der Waals surface area contributed by atoms with Crippen molar-refractivity contribution in [2.45, 2.75) is 44.8 Å². The van der Waals surface area contributed by atoms with E-state index in [0.717, 1.165) is 25.7 Å². The van der Waals surface area contributed by atoms with Crippen LogP contribution in [0.15, 0.2) is 12.1 Å². The second-order valence-corrected chi connectivity index (χ2v) is 5.16. The van der Waals surface area contributed by atoms with Crippen LogP contribution in [0.2, 0.25) is 0 Å². The lowest BCUT2D eigenvalue weighted by Crippen LogP contribution is -2.32. The maximum atomic E-state index is 13.8. The highest BCUT2D eigenvalue weighted by atomic mass is 19.2. The van der Waals surface area contributed by atoms with E-state index in [-0.39, 0.29) is 17.0 Å².